The second kappa shape index (κ2) is 5.09. The molecule has 0 radical (unpaired) electrons. The third-order valence-corrected chi connectivity index (χ3v) is 3.96. The highest BCUT2D eigenvalue weighted by Crippen LogP contribution is 2.55. The second-order valence-corrected chi connectivity index (χ2v) is 4.95. The first kappa shape index (κ1) is 12.4. The Morgan fingerprint density at radius 3 is 2.47 bits per heavy atom. The molecule has 0 spiro atoms. The lowest BCUT2D eigenvalue weighted by molar-refractivity contribution is 0.340. The molecule has 2 rings (SSSR count). The van der Waals surface area contributed by atoms with Gasteiger partial charge in [-0.25, -0.2) is 0 Å². The highest BCUT2D eigenvalue weighted by molar-refractivity contribution is 5.38. The summed E-state index contributed by atoms with van der Waals surface area (Å²) in [6.45, 7) is 6.12. The Balaban J connectivity index is 2.15. The van der Waals surface area contributed by atoms with Crippen LogP contribution in [0.25, 0.3) is 0 Å². The molecule has 2 heteroatoms. The molecule has 2 atom stereocenters. The van der Waals surface area contributed by atoms with Crippen LogP contribution >= 0.6 is 0 Å². The number of hydrogen-bond donors (Lipinski definition) is 1. The van der Waals surface area contributed by atoms with E-state index in [2.05, 4.69) is 36.5 Å². The van der Waals surface area contributed by atoms with E-state index in [1.165, 1.54) is 18.4 Å². The van der Waals surface area contributed by atoms with E-state index in [4.69, 9.17) is 4.74 Å². The predicted molar refractivity (Wildman–Crippen MR) is 71.6 cm³/mol. The van der Waals surface area contributed by atoms with Gasteiger partial charge >= 0.3 is 0 Å². The van der Waals surface area contributed by atoms with Crippen LogP contribution in [0.4, 0.5) is 0 Å². The van der Waals surface area contributed by atoms with Gasteiger partial charge in [0.05, 0.1) is 6.61 Å². The summed E-state index contributed by atoms with van der Waals surface area (Å²) in [6.07, 6.45) is 2.59. The van der Waals surface area contributed by atoms with Gasteiger partial charge in [-0.15, -0.1) is 0 Å². The van der Waals surface area contributed by atoms with Crippen LogP contribution in [0.2, 0.25) is 0 Å². The fourth-order valence-electron chi connectivity index (χ4n) is 2.95. The number of rotatable bonds is 6. The summed E-state index contributed by atoms with van der Waals surface area (Å²) in [5.41, 5.74) is 1.84. The normalized spacial score (nSPS) is 26.9. The molecule has 0 amide bonds. The Bertz CT molecular complexity index is 360. The van der Waals surface area contributed by atoms with Crippen molar-refractivity contribution in [2.24, 2.45) is 5.92 Å². The summed E-state index contributed by atoms with van der Waals surface area (Å²) >= 11 is 0. The summed E-state index contributed by atoms with van der Waals surface area (Å²) < 4.78 is 5.49. The van der Waals surface area contributed by atoms with Gasteiger partial charge in [-0.1, -0.05) is 25.5 Å². The highest BCUT2D eigenvalue weighted by Gasteiger charge is 2.53. The van der Waals surface area contributed by atoms with Crippen molar-refractivity contribution in [3.05, 3.63) is 29.8 Å². The second-order valence-electron chi connectivity index (χ2n) is 4.95. The highest BCUT2D eigenvalue weighted by atomic mass is 16.5. The Labute approximate surface area is 104 Å². The molecular formula is C15H23NO. The van der Waals surface area contributed by atoms with Gasteiger partial charge in [-0.2, -0.15) is 0 Å². The lowest BCUT2D eigenvalue weighted by Gasteiger charge is -2.18. The maximum absolute atomic E-state index is 5.49. The molecule has 1 aliphatic carbocycles. The van der Waals surface area contributed by atoms with Crippen molar-refractivity contribution in [2.45, 2.75) is 32.1 Å². The average Bonchev–Trinajstić information content (AvgIpc) is 3.06. The van der Waals surface area contributed by atoms with Gasteiger partial charge in [-0.05, 0) is 44.0 Å². The number of nitrogens with one attached hydrogen (secondary N) is 1. The Kier molecular flexibility index (Phi) is 3.72. The van der Waals surface area contributed by atoms with E-state index in [1.807, 2.05) is 14.0 Å². The molecule has 1 saturated carbocycles. The van der Waals surface area contributed by atoms with Crippen LogP contribution in [-0.4, -0.2) is 20.2 Å². The zero-order valence-electron chi connectivity index (χ0n) is 11.1. The van der Waals surface area contributed by atoms with Gasteiger partial charge in [-0.3, -0.25) is 0 Å². The van der Waals surface area contributed by atoms with E-state index < -0.39 is 0 Å². The van der Waals surface area contributed by atoms with Crippen molar-refractivity contribution in [1.29, 1.82) is 0 Å². The van der Waals surface area contributed by atoms with Gasteiger partial charge in [0.1, 0.15) is 5.75 Å². The van der Waals surface area contributed by atoms with Crippen molar-refractivity contribution >= 4 is 0 Å². The van der Waals surface area contributed by atoms with Crippen molar-refractivity contribution in [2.75, 3.05) is 20.2 Å². The first-order chi connectivity index (χ1) is 8.26. The van der Waals surface area contributed by atoms with Crippen LogP contribution in [-0.2, 0) is 5.41 Å². The summed E-state index contributed by atoms with van der Waals surface area (Å²) in [6, 6.07) is 8.67. The Morgan fingerprint density at radius 1 is 1.29 bits per heavy atom. The van der Waals surface area contributed by atoms with Crippen molar-refractivity contribution in [3.8, 4) is 5.75 Å². The van der Waals surface area contributed by atoms with Gasteiger partial charge in [0, 0.05) is 12.0 Å². The van der Waals surface area contributed by atoms with Gasteiger partial charge in [0.25, 0.3) is 0 Å². The zero-order valence-corrected chi connectivity index (χ0v) is 11.1. The molecule has 1 N–H and O–H groups in total. The van der Waals surface area contributed by atoms with Crippen LogP contribution in [0.5, 0.6) is 5.75 Å². The molecule has 0 aliphatic heterocycles. The molecular weight excluding hydrogens is 210 g/mol. The Morgan fingerprint density at radius 2 is 2.00 bits per heavy atom. The van der Waals surface area contributed by atoms with Crippen LogP contribution in [0.15, 0.2) is 24.3 Å². The van der Waals surface area contributed by atoms with Crippen molar-refractivity contribution < 1.29 is 4.74 Å². The number of likely N-dealkylation sites (N-methyl/N-ethyl adjacent to an activating group) is 1. The third-order valence-electron chi connectivity index (χ3n) is 3.96. The van der Waals surface area contributed by atoms with E-state index >= 15 is 0 Å². The van der Waals surface area contributed by atoms with Crippen LogP contribution < -0.4 is 10.1 Å². The lowest BCUT2D eigenvalue weighted by atomic mass is 9.92. The lowest BCUT2D eigenvalue weighted by Crippen LogP contribution is -2.25. The number of ether oxygens (including phenoxy) is 1. The largest absolute Gasteiger partial charge is 0.494 e. The van der Waals surface area contributed by atoms with Crippen LogP contribution in [0, 0.1) is 5.92 Å². The molecule has 0 bridgehead atoms. The topological polar surface area (TPSA) is 21.3 Å². The predicted octanol–water partition coefficient (Wildman–Crippen LogP) is 2.97. The fraction of sp³-hybridized carbons (Fsp3) is 0.600. The van der Waals surface area contributed by atoms with Crippen molar-refractivity contribution in [1.82, 2.24) is 5.32 Å². The van der Waals surface area contributed by atoms with Gasteiger partial charge < -0.3 is 10.1 Å². The zero-order chi connectivity index (χ0) is 12.3. The quantitative estimate of drug-likeness (QED) is 0.815. The standard InChI is InChI=1S/C15H23NO/c1-4-12-10-15(12,11-16-3)13-6-8-14(9-7-13)17-5-2/h6-9,12,16H,4-5,10-11H2,1-3H3. The molecule has 0 aromatic heterocycles. The fourth-order valence-corrected chi connectivity index (χ4v) is 2.95. The Hall–Kier alpha value is -1.02. The van der Waals surface area contributed by atoms with E-state index in [1.54, 1.807) is 0 Å². The molecule has 17 heavy (non-hydrogen) atoms. The molecule has 0 saturated heterocycles. The van der Waals surface area contributed by atoms with Crippen LogP contribution in [0.3, 0.4) is 0 Å². The monoisotopic (exact) mass is 233 g/mol. The minimum Gasteiger partial charge on any atom is -0.494 e. The van der Waals surface area contributed by atoms with E-state index in [-0.39, 0.29) is 0 Å². The first-order valence-electron chi connectivity index (χ1n) is 6.64. The average molecular weight is 233 g/mol. The summed E-state index contributed by atoms with van der Waals surface area (Å²) in [4.78, 5) is 0. The molecule has 1 aromatic carbocycles. The molecule has 2 nitrogen and oxygen atoms in total. The first-order valence-corrected chi connectivity index (χ1v) is 6.64. The van der Waals surface area contributed by atoms with E-state index in [0.717, 1.165) is 24.8 Å². The molecule has 1 aromatic rings. The smallest absolute Gasteiger partial charge is 0.119 e. The minimum atomic E-state index is 0.383. The summed E-state index contributed by atoms with van der Waals surface area (Å²) in [7, 11) is 2.04. The SMILES string of the molecule is CCOc1ccc(C2(CNC)CC2CC)cc1. The van der Waals surface area contributed by atoms with Crippen LogP contribution in [0.1, 0.15) is 32.3 Å². The maximum Gasteiger partial charge on any atom is 0.119 e. The molecule has 94 valence electrons. The summed E-state index contributed by atoms with van der Waals surface area (Å²) in [5.74, 6) is 1.82. The molecule has 0 heterocycles. The molecule has 2 unspecified atom stereocenters. The molecule has 1 fully saturated rings. The summed E-state index contributed by atoms with van der Waals surface area (Å²) in [5, 5.41) is 3.34. The third kappa shape index (κ3) is 2.32. The molecule has 1 aliphatic rings. The minimum absolute atomic E-state index is 0.383. The van der Waals surface area contributed by atoms with Crippen molar-refractivity contribution in [3.63, 3.8) is 0 Å². The van der Waals surface area contributed by atoms with Gasteiger partial charge in [0.15, 0.2) is 0 Å². The van der Waals surface area contributed by atoms with E-state index in [9.17, 15) is 0 Å². The maximum atomic E-state index is 5.49. The van der Waals surface area contributed by atoms with E-state index in [0.29, 0.717) is 5.41 Å². The number of hydrogen-bond acceptors (Lipinski definition) is 2. The van der Waals surface area contributed by atoms with Gasteiger partial charge in [0.2, 0.25) is 0 Å². The number of benzene rings is 1.